The summed E-state index contributed by atoms with van der Waals surface area (Å²) in [5, 5.41) is 8.91. The van der Waals surface area contributed by atoms with E-state index in [1.165, 1.54) is 0 Å². The Labute approximate surface area is 99.2 Å². The molecular formula is C13H14O4. The molecule has 0 aliphatic heterocycles. The number of Topliss-reactive ketones (excluding diaryl/α,β-unsaturated/α-hetero) is 1. The summed E-state index contributed by atoms with van der Waals surface area (Å²) in [6, 6.07) is 9.47. The fraction of sp³-hybridized carbons (Fsp3) is 0.385. The molecule has 1 aliphatic carbocycles. The Morgan fingerprint density at radius 1 is 1.24 bits per heavy atom. The Morgan fingerprint density at radius 3 is 2.41 bits per heavy atom. The molecule has 0 unspecified atom stereocenters. The number of benzene rings is 1. The lowest BCUT2D eigenvalue weighted by Crippen LogP contribution is -2.28. The zero-order valence-electron chi connectivity index (χ0n) is 9.39. The molecule has 1 fully saturated rings. The number of carboxylic acids is 1. The Hall–Kier alpha value is -1.68. The van der Waals surface area contributed by atoms with Gasteiger partial charge in [0.25, 0.3) is 0 Å². The average molecular weight is 234 g/mol. The van der Waals surface area contributed by atoms with E-state index in [-0.39, 0.29) is 12.4 Å². The fourth-order valence-corrected chi connectivity index (χ4v) is 1.71. The van der Waals surface area contributed by atoms with Crippen LogP contribution in [0.3, 0.4) is 0 Å². The number of hydrogen-bond acceptors (Lipinski definition) is 3. The maximum Gasteiger partial charge on any atom is 0.317 e. The third-order valence-electron chi connectivity index (χ3n) is 3.04. The van der Waals surface area contributed by atoms with E-state index >= 15 is 0 Å². The van der Waals surface area contributed by atoms with Crippen LogP contribution in [0.2, 0.25) is 0 Å². The minimum atomic E-state index is -1.14. The predicted molar refractivity (Wildman–Crippen MR) is 60.4 cm³/mol. The molecule has 0 spiro atoms. The molecule has 0 saturated heterocycles. The van der Waals surface area contributed by atoms with Crippen LogP contribution < -0.4 is 0 Å². The van der Waals surface area contributed by atoms with E-state index in [4.69, 9.17) is 9.84 Å². The minimum absolute atomic E-state index is 0.124. The van der Waals surface area contributed by atoms with Gasteiger partial charge in [-0.2, -0.15) is 0 Å². The van der Waals surface area contributed by atoms with Gasteiger partial charge in [0.15, 0.2) is 5.78 Å². The summed E-state index contributed by atoms with van der Waals surface area (Å²) in [5.41, 5.74) is -0.170. The van der Waals surface area contributed by atoms with E-state index in [1.54, 1.807) is 0 Å². The molecule has 17 heavy (non-hydrogen) atoms. The number of carbonyl (C=O) groups excluding carboxylic acids is 1. The molecule has 90 valence electrons. The molecule has 1 aromatic carbocycles. The zero-order valence-corrected chi connectivity index (χ0v) is 9.39. The largest absolute Gasteiger partial charge is 0.480 e. The van der Waals surface area contributed by atoms with E-state index in [0.717, 1.165) is 5.56 Å². The highest BCUT2D eigenvalue weighted by Gasteiger charge is 2.56. The van der Waals surface area contributed by atoms with Gasteiger partial charge in [-0.15, -0.1) is 0 Å². The lowest BCUT2D eigenvalue weighted by atomic mass is 10.0. The third kappa shape index (κ3) is 2.53. The highest BCUT2D eigenvalue weighted by atomic mass is 16.5. The van der Waals surface area contributed by atoms with Gasteiger partial charge in [0.05, 0.1) is 6.61 Å². The molecule has 1 aromatic rings. The molecule has 1 aliphatic rings. The minimum Gasteiger partial charge on any atom is -0.480 e. The van der Waals surface area contributed by atoms with Crippen LogP contribution in [0.15, 0.2) is 30.3 Å². The topological polar surface area (TPSA) is 63.6 Å². The smallest absolute Gasteiger partial charge is 0.317 e. The van der Waals surface area contributed by atoms with E-state index in [0.29, 0.717) is 19.4 Å². The van der Waals surface area contributed by atoms with Crippen molar-refractivity contribution in [3.05, 3.63) is 35.9 Å². The maximum atomic E-state index is 11.7. The third-order valence-corrected chi connectivity index (χ3v) is 3.04. The molecule has 2 rings (SSSR count). The van der Waals surface area contributed by atoms with E-state index < -0.39 is 11.4 Å². The van der Waals surface area contributed by atoms with E-state index in [1.807, 2.05) is 30.3 Å². The summed E-state index contributed by atoms with van der Waals surface area (Å²) in [4.78, 5) is 22.5. The summed E-state index contributed by atoms with van der Waals surface area (Å²) in [5.74, 6) is -1.34. The van der Waals surface area contributed by atoms with Crippen molar-refractivity contribution in [2.75, 3.05) is 6.61 Å². The van der Waals surface area contributed by atoms with Gasteiger partial charge in [-0.1, -0.05) is 30.3 Å². The summed E-state index contributed by atoms with van der Waals surface area (Å²) >= 11 is 0. The predicted octanol–water partition coefficient (Wildman–Crippen LogP) is 1.64. The molecule has 4 heteroatoms. The second-order valence-corrected chi connectivity index (χ2v) is 4.29. The number of ketones is 1. The lowest BCUT2D eigenvalue weighted by molar-refractivity contribution is -0.150. The van der Waals surface area contributed by atoms with Crippen molar-refractivity contribution in [1.82, 2.24) is 0 Å². The van der Waals surface area contributed by atoms with Crippen LogP contribution in [0.4, 0.5) is 0 Å². The van der Waals surface area contributed by atoms with Crippen molar-refractivity contribution in [2.24, 2.45) is 5.41 Å². The maximum absolute atomic E-state index is 11.7. The van der Waals surface area contributed by atoms with E-state index in [2.05, 4.69) is 0 Å². The molecule has 0 aromatic heterocycles. The average Bonchev–Trinajstić information content (AvgIpc) is 3.11. The van der Waals surface area contributed by atoms with Crippen molar-refractivity contribution in [2.45, 2.75) is 19.4 Å². The van der Waals surface area contributed by atoms with Gasteiger partial charge in [-0.3, -0.25) is 9.59 Å². The van der Waals surface area contributed by atoms with Gasteiger partial charge in [0, 0.05) is 0 Å². The molecule has 0 atom stereocenters. The van der Waals surface area contributed by atoms with Gasteiger partial charge in [0.2, 0.25) is 0 Å². The van der Waals surface area contributed by atoms with Crippen molar-refractivity contribution < 1.29 is 19.4 Å². The molecule has 0 heterocycles. The van der Waals surface area contributed by atoms with Crippen molar-refractivity contribution in [3.8, 4) is 0 Å². The van der Waals surface area contributed by atoms with Gasteiger partial charge in [-0.05, 0) is 18.4 Å². The first-order chi connectivity index (χ1) is 8.15. The summed E-state index contributed by atoms with van der Waals surface area (Å²) in [6.45, 7) is 0.212. The number of carbonyl (C=O) groups is 2. The standard InChI is InChI=1S/C13H14O4/c14-11(13(6-7-13)12(15)16)9-17-8-10-4-2-1-3-5-10/h1-5H,6-9H2,(H,15,16). The summed E-state index contributed by atoms with van der Waals surface area (Å²) < 4.78 is 5.25. The Balaban J connectivity index is 1.80. The molecule has 0 amide bonds. The number of carboxylic acid groups (broad SMARTS) is 1. The SMILES string of the molecule is O=C(O)C1(C(=O)COCc2ccccc2)CC1. The van der Waals surface area contributed by atoms with Crippen molar-refractivity contribution in [3.63, 3.8) is 0 Å². The summed E-state index contributed by atoms with van der Waals surface area (Å²) in [7, 11) is 0. The van der Waals surface area contributed by atoms with Crippen molar-refractivity contribution >= 4 is 11.8 Å². The number of hydrogen-bond donors (Lipinski definition) is 1. The quantitative estimate of drug-likeness (QED) is 0.760. The number of aliphatic carboxylic acids is 1. The normalized spacial score (nSPS) is 16.5. The van der Waals surface area contributed by atoms with Gasteiger partial charge in [0.1, 0.15) is 12.0 Å². The van der Waals surface area contributed by atoms with Crippen LogP contribution >= 0.6 is 0 Å². The van der Waals surface area contributed by atoms with Gasteiger partial charge >= 0.3 is 5.97 Å². The first-order valence-electron chi connectivity index (χ1n) is 5.53. The number of rotatable bonds is 6. The molecule has 1 saturated carbocycles. The van der Waals surface area contributed by atoms with Crippen molar-refractivity contribution in [1.29, 1.82) is 0 Å². The zero-order chi connectivity index (χ0) is 12.3. The highest BCUT2D eigenvalue weighted by molar-refractivity contribution is 6.06. The van der Waals surface area contributed by atoms with Crippen LogP contribution in [-0.2, 0) is 20.9 Å². The Bertz CT molecular complexity index is 420. The van der Waals surface area contributed by atoms with Crippen LogP contribution in [-0.4, -0.2) is 23.5 Å². The fourth-order valence-electron chi connectivity index (χ4n) is 1.71. The molecular weight excluding hydrogens is 220 g/mol. The van der Waals surface area contributed by atoms with Crippen LogP contribution in [0, 0.1) is 5.41 Å². The number of ether oxygens (including phenoxy) is 1. The van der Waals surface area contributed by atoms with E-state index in [9.17, 15) is 9.59 Å². The first kappa shape index (κ1) is 11.8. The first-order valence-corrected chi connectivity index (χ1v) is 5.53. The highest BCUT2D eigenvalue weighted by Crippen LogP contribution is 2.46. The molecule has 0 radical (unpaired) electrons. The molecule has 4 nitrogen and oxygen atoms in total. The van der Waals surface area contributed by atoms with Gasteiger partial charge < -0.3 is 9.84 Å². The van der Waals surface area contributed by atoms with Crippen LogP contribution in [0.1, 0.15) is 18.4 Å². The Kier molecular flexibility index (Phi) is 3.24. The second kappa shape index (κ2) is 4.67. The second-order valence-electron chi connectivity index (χ2n) is 4.29. The molecule has 1 N–H and O–H groups in total. The van der Waals surface area contributed by atoms with Gasteiger partial charge in [-0.25, -0.2) is 0 Å². The Morgan fingerprint density at radius 2 is 1.88 bits per heavy atom. The van der Waals surface area contributed by atoms with Crippen LogP contribution in [0.5, 0.6) is 0 Å². The monoisotopic (exact) mass is 234 g/mol. The van der Waals surface area contributed by atoms with Crippen LogP contribution in [0.25, 0.3) is 0 Å². The molecule has 0 bridgehead atoms. The lowest BCUT2D eigenvalue weighted by Gasteiger charge is -2.08. The summed E-state index contributed by atoms with van der Waals surface area (Å²) in [6.07, 6.45) is 0.881.